The van der Waals surface area contributed by atoms with E-state index >= 15 is 0 Å². The van der Waals surface area contributed by atoms with Crippen molar-refractivity contribution >= 4 is 33.5 Å². The van der Waals surface area contributed by atoms with Gasteiger partial charge in [-0.2, -0.15) is 0 Å². The fourth-order valence-electron chi connectivity index (χ4n) is 1.73. The third-order valence-electron chi connectivity index (χ3n) is 2.85. The SMILES string of the molecule is COC(=O)c1ccc(OCC(=O)Nc2ccc(Br)cc2F)cc1. The summed E-state index contributed by atoms with van der Waals surface area (Å²) >= 11 is 3.13. The molecule has 2 aromatic carbocycles. The zero-order valence-corrected chi connectivity index (χ0v) is 13.7. The van der Waals surface area contributed by atoms with Crippen LogP contribution in [0.2, 0.25) is 0 Å². The smallest absolute Gasteiger partial charge is 0.337 e. The van der Waals surface area contributed by atoms with Crippen molar-refractivity contribution in [3.63, 3.8) is 0 Å². The molecular weight excluding hydrogens is 369 g/mol. The number of hydrogen-bond acceptors (Lipinski definition) is 4. The molecule has 0 aromatic heterocycles. The molecule has 7 heteroatoms. The highest BCUT2D eigenvalue weighted by molar-refractivity contribution is 9.10. The van der Waals surface area contributed by atoms with Crippen LogP contribution < -0.4 is 10.1 Å². The average Bonchev–Trinajstić information content (AvgIpc) is 2.55. The molecular formula is C16H13BrFNO4. The van der Waals surface area contributed by atoms with Gasteiger partial charge in [-0.05, 0) is 42.5 Å². The Balaban J connectivity index is 1.90. The molecule has 0 aliphatic carbocycles. The van der Waals surface area contributed by atoms with Crippen molar-refractivity contribution in [2.45, 2.75) is 0 Å². The highest BCUT2D eigenvalue weighted by Crippen LogP contribution is 2.19. The van der Waals surface area contributed by atoms with Crippen LogP contribution in [0.25, 0.3) is 0 Å². The summed E-state index contributed by atoms with van der Waals surface area (Å²) in [6, 6.07) is 10.4. The Morgan fingerprint density at radius 1 is 1.17 bits per heavy atom. The van der Waals surface area contributed by atoms with Crippen LogP contribution in [0.1, 0.15) is 10.4 Å². The Hall–Kier alpha value is -2.41. The van der Waals surface area contributed by atoms with E-state index < -0.39 is 17.7 Å². The summed E-state index contributed by atoms with van der Waals surface area (Å²) in [6.45, 7) is -0.285. The van der Waals surface area contributed by atoms with Crippen molar-refractivity contribution < 1.29 is 23.5 Å². The summed E-state index contributed by atoms with van der Waals surface area (Å²) < 4.78 is 24.0. The molecule has 0 radical (unpaired) electrons. The number of esters is 1. The molecule has 5 nitrogen and oxygen atoms in total. The van der Waals surface area contributed by atoms with Crippen LogP contribution in [-0.4, -0.2) is 25.6 Å². The van der Waals surface area contributed by atoms with E-state index in [2.05, 4.69) is 26.0 Å². The zero-order chi connectivity index (χ0) is 16.8. The molecule has 0 aliphatic rings. The van der Waals surface area contributed by atoms with E-state index in [1.165, 1.54) is 31.4 Å². The van der Waals surface area contributed by atoms with E-state index in [1.54, 1.807) is 18.2 Å². The van der Waals surface area contributed by atoms with Gasteiger partial charge in [-0.15, -0.1) is 0 Å². The van der Waals surface area contributed by atoms with Crippen LogP contribution in [0.4, 0.5) is 10.1 Å². The number of amides is 1. The molecule has 2 rings (SSSR count). The van der Waals surface area contributed by atoms with E-state index in [0.29, 0.717) is 15.8 Å². The molecule has 0 spiro atoms. The molecule has 0 heterocycles. The average molecular weight is 382 g/mol. The fourth-order valence-corrected chi connectivity index (χ4v) is 2.06. The monoisotopic (exact) mass is 381 g/mol. The minimum Gasteiger partial charge on any atom is -0.484 e. The van der Waals surface area contributed by atoms with Gasteiger partial charge in [0.2, 0.25) is 0 Å². The van der Waals surface area contributed by atoms with E-state index in [1.807, 2.05) is 0 Å². The largest absolute Gasteiger partial charge is 0.484 e. The van der Waals surface area contributed by atoms with Gasteiger partial charge in [0.15, 0.2) is 6.61 Å². The van der Waals surface area contributed by atoms with Gasteiger partial charge in [-0.25, -0.2) is 9.18 Å². The fraction of sp³-hybridized carbons (Fsp3) is 0.125. The van der Waals surface area contributed by atoms with Gasteiger partial charge in [0.05, 0.1) is 18.4 Å². The Morgan fingerprint density at radius 3 is 2.48 bits per heavy atom. The van der Waals surface area contributed by atoms with E-state index in [-0.39, 0.29) is 12.3 Å². The lowest BCUT2D eigenvalue weighted by atomic mass is 10.2. The van der Waals surface area contributed by atoms with Crippen molar-refractivity contribution in [1.82, 2.24) is 0 Å². The third-order valence-corrected chi connectivity index (χ3v) is 3.34. The minimum absolute atomic E-state index is 0.0721. The summed E-state index contributed by atoms with van der Waals surface area (Å²) in [7, 11) is 1.29. The summed E-state index contributed by atoms with van der Waals surface area (Å²) in [5.74, 6) is -1.09. The van der Waals surface area contributed by atoms with Crippen LogP contribution in [0, 0.1) is 5.82 Å². The third kappa shape index (κ3) is 4.79. The van der Waals surface area contributed by atoms with Gasteiger partial charge in [-0.3, -0.25) is 4.79 Å². The van der Waals surface area contributed by atoms with Crippen molar-refractivity contribution in [3.8, 4) is 5.75 Å². The normalized spacial score (nSPS) is 10.0. The van der Waals surface area contributed by atoms with E-state index in [0.717, 1.165) is 0 Å². The van der Waals surface area contributed by atoms with Crippen LogP contribution in [0.5, 0.6) is 5.75 Å². The molecule has 0 fully saturated rings. The number of ether oxygens (including phenoxy) is 2. The molecule has 0 saturated carbocycles. The molecule has 0 unspecified atom stereocenters. The maximum atomic E-state index is 13.6. The predicted molar refractivity (Wildman–Crippen MR) is 86.0 cm³/mol. The molecule has 0 saturated heterocycles. The lowest BCUT2D eigenvalue weighted by Gasteiger charge is -2.09. The number of halogens is 2. The van der Waals surface area contributed by atoms with Gasteiger partial charge in [0.25, 0.3) is 5.91 Å². The number of carbonyl (C=O) groups is 2. The molecule has 0 bridgehead atoms. The van der Waals surface area contributed by atoms with Gasteiger partial charge in [-0.1, -0.05) is 15.9 Å². The summed E-state index contributed by atoms with van der Waals surface area (Å²) in [5, 5.41) is 2.41. The highest BCUT2D eigenvalue weighted by Gasteiger charge is 2.09. The standard InChI is InChI=1S/C16H13BrFNO4/c1-22-16(21)10-2-5-12(6-3-10)23-9-15(20)19-14-7-4-11(17)8-13(14)18/h2-8H,9H2,1H3,(H,19,20). The quantitative estimate of drug-likeness (QED) is 0.806. The highest BCUT2D eigenvalue weighted by atomic mass is 79.9. The molecule has 0 aliphatic heterocycles. The van der Waals surface area contributed by atoms with Crippen LogP contribution in [-0.2, 0) is 9.53 Å². The molecule has 1 amide bonds. The van der Waals surface area contributed by atoms with Crippen LogP contribution in [0.3, 0.4) is 0 Å². The molecule has 1 N–H and O–H groups in total. The number of rotatable bonds is 5. The van der Waals surface area contributed by atoms with Crippen molar-refractivity contribution in [1.29, 1.82) is 0 Å². The number of benzene rings is 2. The first-order chi connectivity index (χ1) is 11.0. The number of hydrogen-bond donors (Lipinski definition) is 1. The lowest BCUT2D eigenvalue weighted by Crippen LogP contribution is -2.20. The summed E-state index contributed by atoms with van der Waals surface area (Å²) in [5.41, 5.74) is 0.448. The maximum absolute atomic E-state index is 13.6. The first kappa shape index (κ1) is 17.0. The molecule has 120 valence electrons. The zero-order valence-electron chi connectivity index (χ0n) is 12.1. The lowest BCUT2D eigenvalue weighted by molar-refractivity contribution is -0.118. The van der Waals surface area contributed by atoms with Crippen molar-refractivity contribution in [3.05, 3.63) is 58.3 Å². The molecule has 0 atom stereocenters. The number of carbonyl (C=O) groups excluding carboxylic acids is 2. The van der Waals surface area contributed by atoms with E-state index in [4.69, 9.17) is 4.74 Å². The van der Waals surface area contributed by atoms with E-state index in [9.17, 15) is 14.0 Å². The van der Waals surface area contributed by atoms with Crippen molar-refractivity contribution in [2.75, 3.05) is 19.0 Å². The Labute approximate surface area is 140 Å². The van der Waals surface area contributed by atoms with Crippen LogP contribution >= 0.6 is 15.9 Å². The second-order valence-electron chi connectivity index (χ2n) is 4.48. The minimum atomic E-state index is -0.546. The molecule has 2 aromatic rings. The number of anilines is 1. The summed E-state index contributed by atoms with van der Waals surface area (Å²) in [4.78, 5) is 23.0. The Morgan fingerprint density at radius 2 is 1.87 bits per heavy atom. The maximum Gasteiger partial charge on any atom is 0.337 e. The molecule has 23 heavy (non-hydrogen) atoms. The Bertz CT molecular complexity index is 719. The number of methoxy groups -OCH3 is 1. The first-order valence-electron chi connectivity index (χ1n) is 6.55. The van der Waals surface area contributed by atoms with Crippen molar-refractivity contribution in [2.24, 2.45) is 0 Å². The van der Waals surface area contributed by atoms with Crippen LogP contribution in [0.15, 0.2) is 46.9 Å². The van der Waals surface area contributed by atoms with Gasteiger partial charge >= 0.3 is 5.97 Å². The summed E-state index contributed by atoms with van der Waals surface area (Å²) in [6.07, 6.45) is 0. The second-order valence-corrected chi connectivity index (χ2v) is 5.39. The first-order valence-corrected chi connectivity index (χ1v) is 7.35. The predicted octanol–water partition coefficient (Wildman–Crippen LogP) is 3.39. The Kier molecular flexibility index (Phi) is 5.70. The van der Waals surface area contributed by atoms with Gasteiger partial charge in [0, 0.05) is 4.47 Å². The van der Waals surface area contributed by atoms with Gasteiger partial charge < -0.3 is 14.8 Å². The topological polar surface area (TPSA) is 64.6 Å². The number of nitrogens with one attached hydrogen (secondary N) is 1. The second kappa shape index (κ2) is 7.73. The van der Waals surface area contributed by atoms with Gasteiger partial charge in [0.1, 0.15) is 11.6 Å².